The summed E-state index contributed by atoms with van der Waals surface area (Å²) in [6, 6.07) is 7.95. The summed E-state index contributed by atoms with van der Waals surface area (Å²) in [6.45, 7) is 4.38. The van der Waals surface area contributed by atoms with Gasteiger partial charge in [0.15, 0.2) is 0 Å². The summed E-state index contributed by atoms with van der Waals surface area (Å²) in [5.74, 6) is -0.354. The van der Waals surface area contributed by atoms with Crippen molar-refractivity contribution in [2.45, 2.75) is 13.8 Å². The standard InChI is InChI=1S/C15H15NO4/c1-3-20-13-5-4-10(6-9(13)2)12-7-11(15(18)19)8-14(17)16-12/h4-8H,3H2,1-2H3,(H,16,17)(H,18,19). The number of aromatic carboxylic acids is 1. The maximum absolute atomic E-state index is 11.5. The molecule has 0 aliphatic carbocycles. The number of aromatic amines is 1. The molecule has 5 heteroatoms. The first kappa shape index (κ1) is 13.9. The van der Waals surface area contributed by atoms with Gasteiger partial charge in [0.05, 0.1) is 12.2 Å². The molecule has 0 atom stereocenters. The van der Waals surface area contributed by atoms with Crippen molar-refractivity contribution in [3.8, 4) is 17.0 Å². The number of pyridine rings is 1. The molecule has 2 N–H and O–H groups in total. The van der Waals surface area contributed by atoms with Crippen LogP contribution in [0.5, 0.6) is 5.75 Å². The number of nitrogens with one attached hydrogen (secondary N) is 1. The van der Waals surface area contributed by atoms with E-state index in [9.17, 15) is 9.59 Å². The third-order valence-electron chi connectivity index (χ3n) is 2.88. The van der Waals surface area contributed by atoms with Gasteiger partial charge in [0.1, 0.15) is 5.75 Å². The molecule has 1 heterocycles. The predicted molar refractivity (Wildman–Crippen MR) is 75.4 cm³/mol. The molecule has 0 radical (unpaired) electrons. The Morgan fingerprint density at radius 3 is 2.65 bits per heavy atom. The first-order valence-electron chi connectivity index (χ1n) is 6.22. The van der Waals surface area contributed by atoms with Gasteiger partial charge in [-0.05, 0) is 49.2 Å². The van der Waals surface area contributed by atoms with Crippen LogP contribution in [0.15, 0.2) is 35.1 Å². The molecule has 0 spiro atoms. The summed E-state index contributed by atoms with van der Waals surface area (Å²) >= 11 is 0. The Balaban J connectivity index is 2.49. The second kappa shape index (κ2) is 5.61. The maximum atomic E-state index is 11.5. The van der Waals surface area contributed by atoms with Crippen LogP contribution >= 0.6 is 0 Å². The Bertz CT molecular complexity index is 703. The highest BCUT2D eigenvalue weighted by Crippen LogP contribution is 2.25. The molecule has 0 amide bonds. The molecule has 1 aromatic heterocycles. The van der Waals surface area contributed by atoms with Crippen molar-refractivity contribution in [1.29, 1.82) is 0 Å². The van der Waals surface area contributed by atoms with Crippen molar-refractivity contribution in [1.82, 2.24) is 4.98 Å². The van der Waals surface area contributed by atoms with Crippen LogP contribution in [-0.4, -0.2) is 22.7 Å². The molecule has 0 aliphatic heterocycles. The molecule has 0 unspecified atom stereocenters. The van der Waals surface area contributed by atoms with Crippen LogP contribution in [0, 0.1) is 6.92 Å². The Morgan fingerprint density at radius 1 is 1.30 bits per heavy atom. The lowest BCUT2D eigenvalue weighted by Gasteiger charge is -2.09. The van der Waals surface area contributed by atoms with Crippen LogP contribution in [0.2, 0.25) is 0 Å². The topological polar surface area (TPSA) is 79.4 Å². The zero-order valence-corrected chi connectivity index (χ0v) is 11.3. The van der Waals surface area contributed by atoms with Crippen LogP contribution < -0.4 is 10.3 Å². The molecule has 0 saturated carbocycles. The zero-order chi connectivity index (χ0) is 14.7. The summed E-state index contributed by atoms with van der Waals surface area (Å²) in [7, 11) is 0. The van der Waals surface area contributed by atoms with E-state index >= 15 is 0 Å². The SMILES string of the molecule is CCOc1ccc(-c2cc(C(=O)O)cc(=O)[nH]2)cc1C. The highest BCUT2D eigenvalue weighted by Gasteiger charge is 2.09. The van der Waals surface area contributed by atoms with E-state index in [1.165, 1.54) is 6.07 Å². The Hall–Kier alpha value is -2.56. The second-order valence-corrected chi connectivity index (χ2v) is 4.37. The number of carboxylic acid groups (broad SMARTS) is 1. The van der Waals surface area contributed by atoms with Gasteiger partial charge >= 0.3 is 5.97 Å². The minimum atomic E-state index is -1.12. The van der Waals surface area contributed by atoms with E-state index in [-0.39, 0.29) is 5.56 Å². The summed E-state index contributed by atoms with van der Waals surface area (Å²) in [5.41, 5.74) is 1.67. The lowest BCUT2D eigenvalue weighted by atomic mass is 10.1. The van der Waals surface area contributed by atoms with Gasteiger partial charge in [0, 0.05) is 11.8 Å². The fourth-order valence-corrected chi connectivity index (χ4v) is 1.96. The normalized spacial score (nSPS) is 10.3. The Labute approximate surface area is 115 Å². The van der Waals surface area contributed by atoms with Gasteiger partial charge in [0.2, 0.25) is 5.56 Å². The average Bonchev–Trinajstić information content (AvgIpc) is 2.40. The molecule has 104 valence electrons. The molecule has 5 nitrogen and oxygen atoms in total. The summed E-state index contributed by atoms with van der Waals surface area (Å²) in [5, 5.41) is 8.98. The van der Waals surface area contributed by atoms with Gasteiger partial charge in [-0.25, -0.2) is 4.79 Å². The van der Waals surface area contributed by atoms with Crippen molar-refractivity contribution in [3.05, 3.63) is 51.8 Å². The van der Waals surface area contributed by atoms with Crippen LogP contribution in [0.1, 0.15) is 22.8 Å². The van der Waals surface area contributed by atoms with Crippen molar-refractivity contribution >= 4 is 5.97 Å². The average molecular weight is 273 g/mol. The maximum Gasteiger partial charge on any atom is 0.335 e. The summed E-state index contributed by atoms with van der Waals surface area (Å²) in [4.78, 5) is 25.1. The number of hydrogen-bond donors (Lipinski definition) is 2. The van der Waals surface area contributed by atoms with E-state index in [0.29, 0.717) is 12.3 Å². The molecule has 0 saturated heterocycles. The molecular weight excluding hydrogens is 258 g/mol. The minimum Gasteiger partial charge on any atom is -0.494 e. The first-order valence-corrected chi connectivity index (χ1v) is 6.22. The molecule has 2 aromatic rings. The predicted octanol–water partition coefficient (Wildman–Crippen LogP) is 2.45. The molecule has 0 fully saturated rings. The highest BCUT2D eigenvalue weighted by atomic mass is 16.5. The Kier molecular flexibility index (Phi) is 3.89. The van der Waals surface area contributed by atoms with Gasteiger partial charge in [0.25, 0.3) is 0 Å². The Morgan fingerprint density at radius 2 is 2.05 bits per heavy atom. The second-order valence-electron chi connectivity index (χ2n) is 4.37. The van der Waals surface area contributed by atoms with Gasteiger partial charge < -0.3 is 14.8 Å². The molecular formula is C15H15NO4. The van der Waals surface area contributed by atoms with Crippen molar-refractivity contribution < 1.29 is 14.6 Å². The van der Waals surface area contributed by atoms with E-state index in [2.05, 4.69) is 4.98 Å². The third kappa shape index (κ3) is 2.88. The number of hydrogen-bond acceptors (Lipinski definition) is 3. The third-order valence-corrected chi connectivity index (χ3v) is 2.88. The number of carboxylic acids is 1. The van der Waals surface area contributed by atoms with Crippen molar-refractivity contribution in [2.75, 3.05) is 6.61 Å². The van der Waals surface area contributed by atoms with E-state index in [1.54, 1.807) is 12.1 Å². The van der Waals surface area contributed by atoms with Gasteiger partial charge in [-0.15, -0.1) is 0 Å². The first-order chi connectivity index (χ1) is 9.51. The summed E-state index contributed by atoms with van der Waals surface area (Å²) in [6.07, 6.45) is 0. The zero-order valence-electron chi connectivity index (χ0n) is 11.3. The van der Waals surface area contributed by atoms with Crippen LogP contribution in [0.4, 0.5) is 0 Å². The number of H-pyrrole nitrogens is 1. The van der Waals surface area contributed by atoms with E-state index in [1.807, 2.05) is 19.9 Å². The number of ether oxygens (including phenoxy) is 1. The minimum absolute atomic E-state index is 0.0321. The number of aromatic nitrogens is 1. The number of carbonyl (C=O) groups is 1. The number of benzene rings is 1. The number of aryl methyl sites for hydroxylation is 1. The molecule has 1 aromatic carbocycles. The van der Waals surface area contributed by atoms with Gasteiger partial charge in [-0.2, -0.15) is 0 Å². The molecule has 20 heavy (non-hydrogen) atoms. The lowest BCUT2D eigenvalue weighted by Crippen LogP contribution is -2.10. The highest BCUT2D eigenvalue weighted by molar-refractivity contribution is 5.88. The summed E-state index contributed by atoms with van der Waals surface area (Å²) < 4.78 is 5.45. The van der Waals surface area contributed by atoms with Gasteiger partial charge in [-0.3, -0.25) is 4.79 Å². The largest absolute Gasteiger partial charge is 0.494 e. The van der Waals surface area contributed by atoms with E-state index in [4.69, 9.17) is 9.84 Å². The fraction of sp³-hybridized carbons (Fsp3) is 0.200. The van der Waals surface area contributed by atoms with Crippen LogP contribution in [0.3, 0.4) is 0 Å². The van der Waals surface area contributed by atoms with Crippen LogP contribution in [0.25, 0.3) is 11.3 Å². The molecule has 2 rings (SSSR count). The fourth-order valence-electron chi connectivity index (χ4n) is 1.96. The lowest BCUT2D eigenvalue weighted by molar-refractivity contribution is 0.0696. The van der Waals surface area contributed by atoms with E-state index in [0.717, 1.165) is 22.9 Å². The van der Waals surface area contributed by atoms with Crippen LogP contribution in [-0.2, 0) is 0 Å². The van der Waals surface area contributed by atoms with E-state index < -0.39 is 11.5 Å². The monoisotopic (exact) mass is 273 g/mol. The molecule has 0 aliphatic rings. The van der Waals surface area contributed by atoms with Gasteiger partial charge in [-0.1, -0.05) is 0 Å². The number of rotatable bonds is 4. The quantitative estimate of drug-likeness (QED) is 0.896. The van der Waals surface area contributed by atoms with Crippen molar-refractivity contribution in [2.24, 2.45) is 0 Å². The smallest absolute Gasteiger partial charge is 0.335 e. The molecule has 0 bridgehead atoms. The van der Waals surface area contributed by atoms with Crippen molar-refractivity contribution in [3.63, 3.8) is 0 Å².